The highest BCUT2D eigenvalue weighted by Crippen LogP contribution is 2.13. The van der Waals surface area contributed by atoms with Crippen LogP contribution in [0.3, 0.4) is 0 Å². The minimum absolute atomic E-state index is 0.241. The Hall–Kier alpha value is -1.92. The van der Waals surface area contributed by atoms with Gasteiger partial charge in [-0.3, -0.25) is 0 Å². The first kappa shape index (κ1) is 13.1. The topological polar surface area (TPSA) is 80.4 Å². The molecule has 2 aromatic rings. The molecule has 0 radical (unpaired) electrons. The van der Waals surface area contributed by atoms with Crippen molar-refractivity contribution in [1.29, 1.82) is 0 Å². The first-order chi connectivity index (χ1) is 9.79. The number of ether oxygens (including phenoxy) is 1. The maximum Gasteiger partial charge on any atom is 0.228 e. The number of phenols is 1. The Labute approximate surface area is 116 Å². The van der Waals surface area contributed by atoms with E-state index in [1.54, 1.807) is 12.1 Å². The van der Waals surface area contributed by atoms with Gasteiger partial charge in [0.15, 0.2) is 5.82 Å². The maximum absolute atomic E-state index is 9.24. The third-order valence-corrected chi connectivity index (χ3v) is 3.23. The van der Waals surface area contributed by atoms with E-state index in [0.717, 1.165) is 18.7 Å². The van der Waals surface area contributed by atoms with Crippen LogP contribution in [0.15, 0.2) is 28.8 Å². The van der Waals surface area contributed by atoms with E-state index in [9.17, 15) is 5.11 Å². The Morgan fingerprint density at radius 2 is 2.15 bits per heavy atom. The van der Waals surface area contributed by atoms with Crippen molar-refractivity contribution in [3.63, 3.8) is 0 Å². The van der Waals surface area contributed by atoms with Crippen molar-refractivity contribution in [2.45, 2.75) is 18.9 Å². The van der Waals surface area contributed by atoms with Crippen molar-refractivity contribution >= 4 is 0 Å². The maximum atomic E-state index is 9.24. The van der Waals surface area contributed by atoms with Gasteiger partial charge < -0.3 is 19.7 Å². The lowest BCUT2D eigenvalue weighted by Gasteiger charge is -2.22. The summed E-state index contributed by atoms with van der Waals surface area (Å²) >= 11 is 0. The third-order valence-electron chi connectivity index (χ3n) is 3.23. The van der Waals surface area contributed by atoms with Crippen LogP contribution in [-0.4, -0.2) is 41.0 Å². The highest BCUT2D eigenvalue weighted by atomic mass is 16.5. The number of morpholine rings is 1. The second kappa shape index (κ2) is 6.02. The lowest BCUT2D eigenvalue weighted by molar-refractivity contribution is 0.0744. The van der Waals surface area contributed by atoms with E-state index >= 15 is 0 Å². The van der Waals surface area contributed by atoms with Crippen molar-refractivity contribution < 1.29 is 14.4 Å². The van der Waals surface area contributed by atoms with Gasteiger partial charge in [-0.1, -0.05) is 17.3 Å². The van der Waals surface area contributed by atoms with E-state index in [-0.39, 0.29) is 11.8 Å². The zero-order chi connectivity index (χ0) is 13.8. The first-order valence-electron chi connectivity index (χ1n) is 6.70. The molecule has 1 aromatic heterocycles. The minimum Gasteiger partial charge on any atom is -0.508 e. The van der Waals surface area contributed by atoms with E-state index in [1.165, 1.54) is 0 Å². The van der Waals surface area contributed by atoms with Crippen LogP contribution in [0.4, 0.5) is 0 Å². The van der Waals surface area contributed by atoms with Gasteiger partial charge in [-0.05, 0) is 17.7 Å². The number of aromatic nitrogens is 2. The molecule has 1 atom stereocenters. The number of nitrogens with one attached hydrogen (secondary N) is 1. The van der Waals surface area contributed by atoms with Gasteiger partial charge >= 0.3 is 0 Å². The van der Waals surface area contributed by atoms with Gasteiger partial charge in [0, 0.05) is 25.4 Å². The van der Waals surface area contributed by atoms with Gasteiger partial charge in [0.25, 0.3) is 0 Å². The van der Waals surface area contributed by atoms with E-state index in [4.69, 9.17) is 9.26 Å². The van der Waals surface area contributed by atoms with Gasteiger partial charge in [-0.2, -0.15) is 4.98 Å². The van der Waals surface area contributed by atoms with Crippen LogP contribution in [0.1, 0.15) is 17.3 Å². The number of hydrogen-bond donors (Lipinski definition) is 2. The van der Waals surface area contributed by atoms with Crippen molar-refractivity contribution in [2.75, 3.05) is 19.8 Å². The standard InChI is InChI=1S/C14H17N3O3/c18-12-3-1-10(2-4-12)7-13-16-14(20-17-13)8-11-9-19-6-5-15-11/h1-4,11,15,18H,5-9H2. The first-order valence-corrected chi connectivity index (χ1v) is 6.70. The molecular weight excluding hydrogens is 258 g/mol. The van der Waals surface area contributed by atoms with E-state index in [2.05, 4.69) is 15.5 Å². The summed E-state index contributed by atoms with van der Waals surface area (Å²) in [6.45, 7) is 2.29. The second-order valence-electron chi connectivity index (χ2n) is 4.88. The van der Waals surface area contributed by atoms with E-state index < -0.39 is 0 Å². The van der Waals surface area contributed by atoms with Crippen LogP contribution in [0.25, 0.3) is 0 Å². The Morgan fingerprint density at radius 3 is 2.90 bits per heavy atom. The molecule has 1 saturated heterocycles. The monoisotopic (exact) mass is 275 g/mol. The van der Waals surface area contributed by atoms with Crippen LogP contribution < -0.4 is 5.32 Å². The molecule has 6 nitrogen and oxygen atoms in total. The van der Waals surface area contributed by atoms with Gasteiger partial charge in [-0.15, -0.1) is 0 Å². The van der Waals surface area contributed by atoms with Gasteiger partial charge in [-0.25, -0.2) is 0 Å². The van der Waals surface area contributed by atoms with Gasteiger partial charge in [0.1, 0.15) is 5.75 Å². The minimum atomic E-state index is 0.241. The molecule has 2 heterocycles. The number of benzene rings is 1. The molecule has 1 unspecified atom stereocenters. The summed E-state index contributed by atoms with van der Waals surface area (Å²) in [5, 5.41) is 16.6. The SMILES string of the molecule is Oc1ccc(Cc2noc(CC3COCCN3)n2)cc1. The molecule has 1 aliphatic heterocycles. The van der Waals surface area contributed by atoms with E-state index in [0.29, 0.717) is 31.2 Å². The molecule has 0 amide bonds. The van der Waals surface area contributed by atoms with Crippen LogP contribution >= 0.6 is 0 Å². The molecule has 20 heavy (non-hydrogen) atoms. The smallest absolute Gasteiger partial charge is 0.228 e. The van der Waals surface area contributed by atoms with Crippen molar-refractivity contribution in [3.05, 3.63) is 41.5 Å². The summed E-state index contributed by atoms with van der Waals surface area (Å²) in [6, 6.07) is 7.24. The fraction of sp³-hybridized carbons (Fsp3) is 0.429. The molecule has 1 aromatic carbocycles. The molecule has 0 saturated carbocycles. The number of phenolic OH excluding ortho intramolecular Hbond substituents is 1. The summed E-state index contributed by atoms with van der Waals surface area (Å²) in [5.74, 6) is 1.54. The van der Waals surface area contributed by atoms with Crippen molar-refractivity contribution in [1.82, 2.24) is 15.5 Å². The number of hydrogen-bond acceptors (Lipinski definition) is 6. The predicted molar refractivity (Wildman–Crippen MR) is 71.5 cm³/mol. The van der Waals surface area contributed by atoms with Crippen molar-refractivity contribution in [2.24, 2.45) is 0 Å². The van der Waals surface area contributed by atoms with Crippen LogP contribution in [0.2, 0.25) is 0 Å². The molecule has 3 rings (SSSR count). The molecular formula is C14H17N3O3. The summed E-state index contributed by atoms with van der Waals surface area (Å²) in [4.78, 5) is 4.39. The quantitative estimate of drug-likeness (QED) is 0.863. The predicted octanol–water partition coefficient (Wildman–Crippen LogP) is 0.897. The summed E-state index contributed by atoms with van der Waals surface area (Å²) in [6.07, 6.45) is 1.28. The molecule has 6 heteroatoms. The highest BCUT2D eigenvalue weighted by Gasteiger charge is 2.17. The van der Waals surface area contributed by atoms with Gasteiger partial charge in [0.05, 0.1) is 13.2 Å². The number of nitrogens with zero attached hydrogens (tertiary/aromatic N) is 2. The lowest BCUT2D eigenvalue weighted by Crippen LogP contribution is -2.42. The average Bonchev–Trinajstić information content (AvgIpc) is 2.90. The molecule has 0 aliphatic carbocycles. The van der Waals surface area contributed by atoms with Crippen LogP contribution in [0, 0.1) is 0 Å². The second-order valence-corrected chi connectivity index (χ2v) is 4.88. The molecule has 0 bridgehead atoms. The van der Waals surface area contributed by atoms with Crippen LogP contribution in [0.5, 0.6) is 5.75 Å². The number of rotatable bonds is 4. The summed E-state index contributed by atoms with van der Waals surface area (Å²) in [7, 11) is 0. The molecule has 106 valence electrons. The molecule has 1 aliphatic rings. The lowest BCUT2D eigenvalue weighted by atomic mass is 10.1. The Kier molecular flexibility index (Phi) is 3.94. The molecule has 2 N–H and O–H groups in total. The average molecular weight is 275 g/mol. The van der Waals surface area contributed by atoms with Crippen LogP contribution in [-0.2, 0) is 17.6 Å². The number of aromatic hydroxyl groups is 1. The fourth-order valence-electron chi connectivity index (χ4n) is 2.20. The summed E-state index contributed by atoms with van der Waals surface area (Å²) < 4.78 is 10.6. The normalized spacial score (nSPS) is 19.1. The van der Waals surface area contributed by atoms with Crippen molar-refractivity contribution in [3.8, 4) is 5.75 Å². The highest BCUT2D eigenvalue weighted by molar-refractivity contribution is 5.27. The summed E-state index contributed by atoms with van der Waals surface area (Å²) in [5.41, 5.74) is 1.04. The zero-order valence-electron chi connectivity index (χ0n) is 11.1. The zero-order valence-corrected chi connectivity index (χ0v) is 11.1. The Morgan fingerprint density at radius 1 is 1.30 bits per heavy atom. The molecule has 1 fully saturated rings. The Bertz CT molecular complexity index is 547. The largest absolute Gasteiger partial charge is 0.508 e. The Balaban J connectivity index is 1.60. The van der Waals surface area contributed by atoms with Gasteiger partial charge in [0.2, 0.25) is 5.89 Å². The fourth-order valence-corrected chi connectivity index (χ4v) is 2.20. The van der Waals surface area contributed by atoms with E-state index in [1.807, 2.05) is 12.1 Å². The molecule has 0 spiro atoms. The third kappa shape index (κ3) is 3.34.